The van der Waals surface area contributed by atoms with Crippen molar-refractivity contribution in [3.63, 3.8) is 0 Å². The van der Waals surface area contributed by atoms with Crippen molar-refractivity contribution in [2.45, 2.75) is 44.6 Å². The highest BCUT2D eigenvalue weighted by Crippen LogP contribution is 2.60. The van der Waals surface area contributed by atoms with Gasteiger partial charge in [-0.2, -0.15) is 0 Å². The second kappa shape index (κ2) is 8.75. The van der Waals surface area contributed by atoms with Crippen molar-refractivity contribution in [2.75, 3.05) is 32.8 Å². The molecule has 0 spiro atoms. The van der Waals surface area contributed by atoms with Gasteiger partial charge in [0.15, 0.2) is 5.11 Å². The Morgan fingerprint density at radius 1 is 1.10 bits per heavy atom. The van der Waals surface area contributed by atoms with Gasteiger partial charge in [-0.05, 0) is 86.2 Å². The number of carbonyl (C=O) groups is 1. The first-order chi connectivity index (χ1) is 15.0. The third-order valence-electron chi connectivity index (χ3n) is 7.94. The third-order valence-corrected chi connectivity index (χ3v) is 8.19. The minimum atomic E-state index is -0.240. The second-order valence-electron chi connectivity index (χ2n) is 10.1. The number of halogens is 1. The molecule has 4 bridgehead atoms. The van der Waals surface area contributed by atoms with E-state index in [-0.39, 0.29) is 23.2 Å². The molecule has 5 fully saturated rings. The molecule has 0 radical (unpaired) electrons. The van der Waals surface area contributed by atoms with E-state index in [1.807, 2.05) is 12.1 Å². The number of amides is 1. The summed E-state index contributed by atoms with van der Waals surface area (Å²) in [6.07, 6.45) is 7.02. The zero-order valence-corrected chi connectivity index (χ0v) is 18.8. The number of rotatable bonds is 5. The maximum atomic E-state index is 13.4. The van der Waals surface area contributed by atoms with Gasteiger partial charge in [-0.1, -0.05) is 12.1 Å². The Kier molecular flexibility index (Phi) is 6.01. The molecule has 5 aliphatic rings. The topological polar surface area (TPSA) is 53.6 Å². The van der Waals surface area contributed by atoms with Crippen molar-refractivity contribution in [3.05, 3.63) is 35.6 Å². The van der Waals surface area contributed by atoms with Gasteiger partial charge >= 0.3 is 0 Å². The summed E-state index contributed by atoms with van der Waals surface area (Å²) >= 11 is 5.53. The van der Waals surface area contributed by atoms with Gasteiger partial charge in [0.05, 0.1) is 24.7 Å². The van der Waals surface area contributed by atoms with Crippen molar-refractivity contribution in [1.29, 1.82) is 0 Å². The summed E-state index contributed by atoms with van der Waals surface area (Å²) in [5, 5.41) is 6.72. The van der Waals surface area contributed by atoms with Gasteiger partial charge in [-0.3, -0.25) is 9.69 Å². The molecule has 4 saturated carbocycles. The largest absolute Gasteiger partial charge is 0.379 e. The lowest BCUT2D eigenvalue weighted by atomic mass is 9.49. The van der Waals surface area contributed by atoms with Crippen LogP contribution in [-0.2, 0) is 9.53 Å². The van der Waals surface area contributed by atoms with E-state index in [1.165, 1.54) is 31.4 Å². The van der Waals surface area contributed by atoms with Gasteiger partial charge in [-0.25, -0.2) is 4.39 Å². The van der Waals surface area contributed by atoms with Crippen molar-refractivity contribution >= 4 is 23.2 Å². The molecular formula is C24H32FN3O2S. The summed E-state index contributed by atoms with van der Waals surface area (Å²) in [5.74, 6) is 2.05. The van der Waals surface area contributed by atoms with Crippen LogP contribution in [0.4, 0.5) is 4.39 Å². The molecule has 5 nitrogen and oxygen atoms in total. The van der Waals surface area contributed by atoms with E-state index < -0.39 is 0 Å². The van der Waals surface area contributed by atoms with Crippen LogP contribution in [-0.4, -0.2) is 48.8 Å². The highest BCUT2D eigenvalue weighted by molar-refractivity contribution is 7.80. The van der Waals surface area contributed by atoms with Crippen LogP contribution in [0.3, 0.4) is 0 Å². The predicted octanol–water partition coefficient (Wildman–Crippen LogP) is 3.41. The number of morpholine rings is 1. The number of hydrogen-bond donors (Lipinski definition) is 2. The number of ether oxygens (including phenoxy) is 1. The molecule has 168 valence electrons. The molecule has 1 amide bonds. The number of thiocarbonyl (C=S) groups is 1. The Bertz CT molecular complexity index is 789. The van der Waals surface area contributed by atoms with Crippen molar-refractivity contribution in [1.82, 2.24) is 15.5 Å². The van der Waals surface area contributed by atoms with Gasteiger partial charge in [0.25, 0.3) is 0 Å². The fourth-order valence-corrected chi connectivity index (χ4v) is 7.07. The van der Waals surface area contributed by atoms with Gasteiger partial charge in [0, 0.05) is 19.6 Å². The number of nitrogens with zero attached hydrogens (tertiary/aromatic N) is 1. The number of nitrogens with one attached hydrogen (secondary N) is 2. The lowest BCUT2D eigenvalue weighted by Gasteiger charge is -2.55. The van der Waals surface area contributed by atoms with E-state index in [0.29, 0.717) is 24.9 Å². The first-order valence-corrected chi connectivity index (χ1v) is 12.1. The summed E-state index contributed by atoms with van der Waals surface area (Å²) in [4.78, 5) is 15.6. The van der Waals surface area contributed by atoms with Crippen LogP contribution in [0.5, 0.6) is 0 Å². The monoisotopic (exact) mass is 445 g/mol. The van der Waals surface area contributed by atoms with Gasteiger partial charge in [-0.15, -0.1) is 0 Å². The SMILES string of the molecule is O=C(NC(=S)NCC(c1ccc(F)cc1)N1CCOCC1)C12CC3CC(CC(C3)C1)C2. The molecule has 31 heavy (non-hydrogen) atoms. The first-order valence-electron chi connectivity index (χ1n) is 11.7. The summed E-state index contributed by atoms with van der Waals surface area (Å²) < 4.78 is 18.9. The van der Waals surface area contributed by atoms with E-state index >= 15 is 0 Å². The standard InChI is InChI=1S/C24H32FN3O2S/c25-20-3-1-19(2-4-20)21(28-5-7-30-8-6-28)15-26-23(31)27-22(29)24-12-16-9-17(13-24)11-18(10-16)14-24/h1-4,16-18,21H,5-15H2,(H2,26,27,29,31). The third kappa shape index (κ3) is 4.50. The van der Waals surface area contributed by atoms with Crippen LogP contribution in [0.25, 0.3) is 0 Å². The van der Waals surface area contributed by atoms with Crippen molar-refractivity contribution in [2.24, 2.45) is 23.2 Å². The molecule has 1 aromatic carbocycles. The fraction of sp³-hybridized carbons (Fsp3) is 0.667. The van der Waals surface area contributed by atoms with E-state index in [1.54, 1.807) is 0 Å². The normalized spacial score (nSPS) is 33.1. The second-order valence-corrected chi connectivity index (χ2v) is 10.5. The van der Waals surface area contributed by atoms with Gasteiger partial charge < -0.3 is 15.4 Å². The highest BCUT2D eigenvalue weighted by Gasteiger charge is 2.54. The van der Waals surface area contributed by atoms with Gasteiger partial charge in [0.1, 0.15) is 5.82 Å². The molecule has 1 aliphatic heterocycles. The molecule has 7 heteroatoms. The molecule has 1 heterocycles. The zero-order chi connectivity index (χ0) is 21.4. The Morgan fingerprint density at radius 2 is 1.68 bits per heavy atom. The maximum absolute atomic E-state index is 13.4. The lowest BCUT2D eigenvalue weighted by Crippen LogP contribution is -2.56. The summed E-state index contributed by atoms with van der Waals surface area (Å²) in [6.45, 7) is 3.56. The van der Waals surface area contributed by atoms with E-state index in [9.17, 15) is 9.18 Å². The van der Waals surface area contributed by atoms with E-state index in [0.717, 1.165) is 55.7 Å². The Balaban J connectivity index is 1.21. The lowest BCUT2D eigenvalue weighted by molar-refractivity contribution is -0.144. The minimum absolute atomic E-state index is 0.0406. The average molecular weight is 446 g/mol. The first kappa shape index (κ1) is 21.3. The molecule has 1 unspecified atom stereocenters. The molecule has 1 saturated heterocycles. The highest BCUT2D eigenvalue weighted by atomic mass is 32.1. The summed E-state index contributed by atoms with van der Waals surface area (Å²) in [7, 11) is 0. The molecule has 4 aliphatic carbocycles. The Hall–Kier alpha value is -1.57. The molecule has 0 aromatic heterocycles. The predicted molar refractivity (Wildman–Crippen MR) is 121 cm³/mol. The average Bonchev–Trinajstić information content (AvgIpc) is 2.75. The molecule has 1 aromatic rings. The Labute approximate surface area is 189 Å². The minimum Gasteiger partial charge on any atom is -0.379 e. The maximum Gasteiger partial charge on any atom is 0.232 e. The number of benzene rings is 1. The number of carbonyl (C=O) groups excluding carboxylic acids is 1. The van der Waals surface area contributed by atoms with E-state index in [2.05, 4.69) is 15.5 Å². The van der Waals surface area contributed by atoms with Crippen LogP contribution in [0.2, 0.25) is 0 Å². The van der Waals surface area contributed by atoms with E-state index in [4.69, 9.17) is 17.0 Å². The van der Waals surface area contributed by atoms with Crippen molar-refractivity contribution < 1.29 is 13.9 Å². The Morgan fingerprint density at radius 3 is 2.26 bits per heavy atom. The van der Waals surface area contributed by atoms with Crippen LogP contribution >= 0.6 is 12.2 Å². The van der Waals surface area contributed by atoms with Crippen LogP contribution in [0, 0.1) is 29.0 Å². The van der Waals surface area contributed by atoms with Crippen LogP contribution in [0.15, 0.2) is 24.3 Å². The summed E-state index contributed by atoms with van der Waals surface area (Å²) in [6, 6.07) is 6.69. The zero-order valence-electron chi connectivity index (χ0n) is 17.9. The van der Waals surface area contributed by atoms with Gasteiger partial charge in [0.2, 0.25) is 5.91 Å². The van der Waals surface area contributed by atoms with Crippen LogP contribution < -0.4 is 10.6 Å². The fourth-order valence-electron chi connectivity index (χ4n) is 6.89. The molecule has 6 rings (SSSR count). The molecular weight excluding hydrogens is 413 g/mol. The molecule has 2 N–H and O–H groups in total. The van der Waals surface area contributed by atoms with Crippen molar-refractivity contribution in [3.8, 4) is 0 Å². The summed E-state index contributed by atoms with van der Waals surface area (Å²) in [5.41, 5.74) is 0.826. The number of hydrogen-bond acceptors (Lipinski definition) is 4. The molecule has 1 atom stereocenters. The van der Waals surface area contributed by atoms with Crippen LogP contribution in [0.1, 0.15) is 50.1 Å². The quantitative estimate of drug-likeness (QED) is 0.681. The smallest absolute Gasteiger partial charge is 0.232 e.